The molecule has 0 aromatic heterocycles. The number of carbonyl (C=O) groups is 2. The molecule has 3 aromatic rings. The van der Waals surface area contributed by atoms with E-state index in [1.54, 1.807) is 48.5 Å². The van der Waals surface area contributed by atoms with Crippen LogP contribution in [-0.4, -0.2) is 33.2 Å². The average molecular weight is 529 g/mol. The summed E-state index contributed by atoms with van der Waals surface area (Å²) in [6, 6.07) is 17.6. The standard InChI is InChI=1S/C27H29FN2O6S/c1-27(2,3)21-12-11-20(15-24(21)36-26(32)19-8-6-5-7-9-19)35-17-25(31)29-16-18-10-13-23(22(28)14-18)30-37(4,33)34/h5-15,30H,16-17H2,1-4H3,(H,29,31). The fraction of sp³-hybridized carbons (Fsp3) is 0.259. The second-order valence-corrected chi connectivity index (χ2v) is 11.2. The zero-order chi connectivity index (χ0) is 27.2. The van der Waals surface area contributed by atoms with Crippen molar-refractivity contribution in [3.63, 3.8) is 0 Å². The summed E-state index contributed by atoms with van der Waals surface area (Å²) in [6.07, 6.45) is 0.924. The molecule has 10 heteroatoms. The first-order valence-corrected chi connectivity index (χ1v) is 13.3. The number of hydrogen-bond acceptors (Lipinski definition) is 6. The molecule has 3 rings (SSSR count). The summed E-state index contributed by atoms with van der Waals surface area (Å²) >= 11 is 0. The molecule has 37 heavy (non-hydrogen) atoms. The maximum Gasteiger partial charge on any atom is 0.343 e. The van der Waals surface area contributed by atoms with Gasteiger partial charge in [0, 0.05) is 18.2 Å². The Morgan fingerprint density at radius 3 is 2.30 bits per heavy atom. The van der Waals surface area contributed by atoms with Crippen molar-refractivity contribution in [2.24, 2.45) is 0 Å². The summed E-state index contributed by atoms with van der Waals surface area (Å²) in [5.74, 6) is -1.06. The van der Waals surface area contributed by atoms with E-state index in [4.69, 9.17) is 9.47 Å². The summed E-state index contributed by atoms with van der Waals surface area (Å²) in [5.41, 5.74) is 1.15. The Kier molecular flexibility index (Phi) is 8.54. The van der Waals surface area contributed by atoms with Gasteiger partial charge in [-0.25, -0.2) is 17.6 Å². The predicted octanol–water partition coefficient (Wildman–Crippen LogP) is 4.41. The predicted molar refractivity (Wildman–Crippen MR) is 139 cm³/mol. The number of benzene rings is 3. The van der Waals surface area contributed by atoms with Gasteiger partial charge in [-0.15, -0.1) is 0 Å². The van der Waals surface area contributed by atoms with E-state index in [-0.39, 0.29) is 24.3 Å². The molecule has 2 N–H and O–H groups in total. The molecular weight excluding hydrogens is 499 g/mol. The van der Waals surface area contributed by atoms with Crippen molar-refractivity contribution in [3.8, 4) is 11.5 Å². The molecule has 0 radical (unpaired) electrons. The first kappa shape index (κ1) is 27.7. The summed E-state index contributed by atoms with van der Waals surface area (Å²) in [6.45, 7) is 5.66. The van der Waals surface area contributed by atoms with Crippen LogP contribution in [-0.2, 0) is 26.8 Å². The maximum absolute atomic E-state index is 14.1. The molecular formula is C27H29FN2O6S. The van der Waals surface area contributed by atoms with Gasteiger partial charge < -0.3 is 14.8 Å². The van der Waals surface area contributed by atoms with Crippen molar-refractivity contribution in [2.45, 2.75) is 32.7 Å². The van der Waals surface area contributed by atoms with E-state index in [2.05, 4.69) is 10.0 Å². The zero-order valence-corrected chi connectivity index (χ0v) is 21.8. The molecule has 0 unspecified atom stereocenters. The van der Waals surface area contributed by atoms with E-state index in [9.17, 15) is 22.4 Å². The minimum atomic E-state index is -3.61. The van der Waals surface area contributed by atoms with Crippen LogP contribution in [0.1, 0.15) is 42.3 Å². The number of sulfonamides is 1. The number of halogens is 1. The van der Waals surface area contributed by atoms with E-state index in [0.717, 1.165) is 17.9 Å². The smallest absolute Gasteiger partial charge is 0.343 e. The maximum atomic E-state index is 14.1. The Hall–Kier alpha value is -3.92. The molecule has 0 atom stereocenters. The highest BCUT2D eigenvalue weighted by atomic mass is 32.2. The summed E-state index contributed by atoms with van der Waals surface area (Å²) in [5, 5.41) is 2.61. The molecule has 0 bridgehead atoms. The van der Waals surface area contributed by atoms with Gasteiger partial charge in [-0.2, -0.15) is 0 Å². The van der Waals surface area contributed by atoms with Crippen LogP contribution in [0, 0.1) is 5.82 Å². The lowest BCUT2D eigenvalue weighted by molar-refractivity contribution is -0.123. The molecule has 196 valence electrons. The van der Waals surface area contributed by atoms with E-state index in [1.807, 2.05) is 20.8 Å². The topological polar surface area (TPSA) is 111 Å². The van der Waals surface area contributed by atoms with Crippen LogP contribution in [0.4, 0.5) is 10.1 Å². The molecule has 0 aliphatic carbocycles. The van der Waals surface area contributed by atoms with E-state index in [1.165, 1.54) is 12.1 Å². The number of carbonyl (C=O) groups excluding carboxylic acids is 2. The highest BCUT2D eigenvalue weighted by Crippen LogP contribution is 2.34. The van der Waals surface area contributed by atoms with Crippen molar-refractivity contribution >= 4 is 27.6 Å². The summed E-state index contributed by atoms with van der Waals surface area (Å²) in [4.78, 5) is 24.9. The number of ether oxygens (including phenoxy) is 2. The Morgan fingerprint density at radius 2 is 1.68 bits per heavy atom. The second-order valence-electron chi connectivity index (χ2n) is 9.42. The molecule has 0 heterocycles. The zero-order valence-electron chi connectivity index (χ0n) is 21.0. The first-order chi connectivity index (χ1) is 17.3. The van der Waals surface area contributed by atoms with Crippen molar-refractivity contribution in [3.05, 3.63) is 89.2 Å². The number of hydrogen-bond donors (Lipinski definition) is 2. The fourth-order valence-corrected chi connectivity index (χ4v) is 3.95. The monoisotopic (exact) mass is 528 g/mol. The molecule has 0 aliphatic heterocycles. The lowest BCUT2D eigenvalue weighted by Crippen LogP contribution is -2.28. The van der Waals surface area contributed by atoms with Crippen LogP contribution < -0.4 is 19.5 Å². The minimum absolute atomic E-state index is 0.0150. The van der Waals surface area contributed by atoms with Gasteiger partial charge in [0.25, 0.3) is 5.91 Å². The quantitative estimate of drug-likeness (QED) is 0.315. The largest absolute Gasteiger partial charge is 0.484 e. The second kappa shape index (κ2) is 11.4. The molecule has 0 aliphatic rings. The Bertz CT molecular complexity index is 1390. The van der Waals surface area contributed by atoms with E-state index in [0.29, 0.717) is 22.6 Å². The van der Waals surface area contributed by atoms with E-state index >= 15 is 0 Å². The van der Waals surface area contributed by atoms with Crippen LogP contribution in [0.15, 0.2) is 66.7 Å². The number of rotatable bonds is 9. The van der Waals surface area contributed by atoms with E-state index < -0.39 is 27.7 Å². The van der Waals surface area contributed by atoms with Gasteiger partial charge in [-0.05, 0) is 41.3 Å². The van der Waals surface area contributed by atoms with Gasteiger partial charge in [0.2, 0.25) is 10.0 Å². The van der Waals surface area contributed by atoms with Gasteiger partial charge >= 0.3 is 5.97 Å². The third-order valence-electron chi connectivity index (χ3n) is 5.16. The lowest BCUT2D eigenvalue weighted by atomic mass is 9.86. The van der Waals surface area contributed by atoms with Crippen molar-refractivity contribution in [2.75, 3.05) is 17.6 Å². The Morgan fingerprint density at radius 1 is 0.973 bits per heavy atom. The third-order valence-corrected chi connectivity index (χ3v) is 5.75. The van der Waals surface area contributed by atoms with Gasteiger partial charge in [-0.1, -0.05) is 51.1 Å². The minimum Gasteiger partial charge on any atom is -0.484 e. The number of nitrogens with one attached hydrogen (secondary N) is 2. The fourth-order valence-electron chi connectivity index (χ4n) is 3.38. The van der Waals surface area contributed by atoms with Gasteiger partial charge in [-0.3, -0.25) is 9.52 Å². The van der Waals surface area contributed by atoms with Gasteiger partial charge in [0.05, 0.1) is 17.5 Å². The highest BCUT2D eigenvalue weighted by molar-refractivity contribution is 7.92. The van der Waals surface area contributed by atoms with Crippen LogP contribution >= 0.6 is 0 Å². The molecule has 0 fully saturated rings. The van der Waals surface area contributed by atoms with Crippen LogP contribution in [0.25, 0.3) is 0 Å². The Labute approximate surface area is 215 Å². The Balaban J connectivity index is 1.63. The SMILES string of the molecule is CC(C)(C)c1ccc(OCC(=O)NCc2ccc(NS(C)(=O)=O)c(F)c2)cc1OC(=O)c1ccccc1. The normalized spacial score (nSPS) is 11.5. The average Bonchev–Trinajstić information content (AvgIpc) is 2.82. The van der Waals surface area contributed by atoms with Crippen LogP contribution in [0.5, 0.6) is 11.5 Å². The number of anilines is 1. The van der Waals surface area contributed by atoms with Crippen molar-refractivity contribution < 1.29 is 31.9 Å². The highest BCUT2D eigenvalue weighted by Gasteiger charge is 2.22. The molecule has 0 spiro atoms. The molecule has 8 nitrogen and oxygen atoms in total. The number of esters is 1. The molecule has 3 aromatic carbocycles. The molecule has 1 amide bonds. The van der Waals surface area contributed by atoms with Crippen molar-refractivity contribution in [1.82, 2.24) is 5.32 Å². The summed E-state index contributed by atoms with van der Waals surface area (Å²) < 4.78 is 50.0. The number of amides is 1. The molecule has 0 saturated heterocycles. The van der Waals surface area contributed by atoms with Crippen LogP contribution in [0.2, 0.25) is 0 Å². The van der Waals surface area contributed by atoms with Gasteiger partial charge in [0.1, 0.15) is 17.3 Å². The third kappa shape index (κ3) is 8.32. The van der Waals surface area contributed by atoms with Crippen LogP contribution in [0.3, 0.4) is 0 Å². The lowest BCUT2D eigenvalue weighted by Gasteiger charge is -2.23. The van der Waals surface area contributed by atoms with Crippen molar-refractivity contribution in [1.29, 1.82) is 0 Å². The first-order valence-electron chi connectivity index (χ1n) is 11.4. The summed E-state index contributed by atoms with van der Waals surface area (Å²) in [7, 11) is -3.61. The van der Waals surface area contributed by atoms with Gasteiger partial charge in [0.15, 0.2) is 6.61 Å². The molecule has 0 saturated carbocycles.